The van der Waals surface area contributed by atoms with Gasteiger partial charge in [0.15, 0.2) is 0 Å². The summed E-state index contributed by atoms with van der Waals surface area (Å²) < 4.78 is 0. The lowest BCUT2D eigenvalue weighted by Gasteiger charge is -2.36. The Morgan fingerprint density at radius 3 is 2.48 bits per heavy atom. The van der Waals surface area contributed by atoms with E-state index >= 15 is 0 Å². The lowest BCUT2D eigenvalue weighted by molar-refractivity contribution is 0.0947. The van der Waals surface area contributed by atoms with Gasteiger partial charge in [0.2, 0.25) is 0 Å². The summed E-state index contributed by atoms with van der Waals surface area (Å²) >= 11 is 0. The Morgan fingerprint density at radius 1 is 1.07 bits per heavy atom. The first kappa shape index (κ1) is 19.1. The van der Waals surface area contributed by atoms with E-state index in [1.165, 1.54) is 0 Å². The van der Waals surface area contributed by atoms with E-state index in [-0.39, 0.29) is 5.91 Å². The maximum atomic E-state index is 12.2. The Hall–Kier alpha value is -2.67. The van der Waals surface area contributed by atoms with Crippen LogP contribution in [0.25, 0.3) is 0 Å². The highest BCUT2D eigenvalue weighted by molar-refractivity contribution is 5.92. The van der Waals surface area contributed by atoms with Crippen LogP contribution >= 0.6 is 0 Å². The predicted molar refractivity (Wildman–Crippen MR) is 108 cm³/mol. The smallest absolute Gasteiger partial charge is 0.269 e. The van der Waals surface area contributed by atoms with Crippen LogP contribution in [0.1, 0.15) is 16.9 Å². The van der Waals surface area contributed by atoms with Crippen LogP contribution in [0, 0.1) is 0 Å². The quantitative estimate of drug-likeness (QED) is 0.747. The number of hydrogen-bond donors (Lipinski definition) is 1. The molecule has 3 rings (SSSR count). The van der Waals surface area contributed by atoms with Crippen molar-refractivity contribution in [1.82, 2.24) is 20.2 Å². The molecule has 7 heteroatoms. The maximum Gasteiger partial charge on any atom is 0.269 e. The van der Waals surface area contributed by atoms with Crippen LogP contribution in [-0.4, -0.2) is 74.1 Å². The summed E-state index contributed by atoms with van der Waals surface area (Å²) in [6.45, 7) is 5.28. The number of piperazine rings is 1. The summed E-state index contributed by atoms with van der Waals surface area (Å²) in [5.74, 6) is 0.914. The summed E-state index contributed by atoms with van der Waals surface area (Å²) in [5, 5.41) is 2.92. The van der Waals surface area contributed by atoms with Crippen molar-refractivity contribution in [3.8, 4) is 0 Å². The van der Waals surface area contributed by atoms with Crippen molar-refractivity contribution >= 4 is 17.4 Å². The zero-order chi connectivity index (χ0) is 19.1. The molecule has 0 aromatic carbocycles. The minimum Gasteiger partial charge on any atom is -0.367 e. The average Bonchev–Trinajstić information content (AvgIpc) is 2.72. The Labute approximate surface area is 161 Å². The van der Waals surface area contributed by atoms with Crippen LogP contribution < -0.4 is 15.1 Å². The third kappa shape index (κ3) is 5.40. The van der Waals surface area contributed by atoms with Gasteiger partial charge in [-0.15, -0.1) is 0 Å². The number of hydrogen-bond acceptors (Lipinski definition) is 6. The molecule has 144 valence electrons. The molecular formula is C20H28N6O. The van der Waals surface area contributed by atoms with Crippen molar-refractivity contribution in [2.45, 2.75) is 6.42 Å². The first-order valence-corrected chi connectivity index (χ1v) is 9.43. The average molecular weight is 368 g/mol. The topological polar surface area (TPSA) is 64.6 Å². The molecular weight excluding hydrogens is 340 g/mol. The van der Waals surface area contributed by atoms with Gasteiger partial charge in [-0.3, -0.25) is 4.79 Å². The maximum absolute atomic E-state index is 12.2. The summed E-state index contributed by atoms with van der Waals surface area (Å²) in [6, 6.07) is 9.79. The van der Waals surface area contributed by atoms with Crippen molar-refractivity contribution < 1.29 is 4.79 Å². The summed E-state index contributed by atoms with van der Waals surface area (Å²) in [4.78, 5) is 27.6. The lowest BCUT2D eigenvalue weighted by Crippen LogP contribution is -2.46. The van der Waals surface area contributed by atoms with Crippen LogP contribution in [0.4, 0.5) is 11.5 Å². The van der Waals surface area contributed by atoms with E-state index in [4.69, 9.17) is 0 Å². The largest absolute Gasteiger partial charge is 0.367 e. The molecule has 1 aliphatic rings. The fourth-order valence-electron chi connectivity index (χ4n) is 3.13. The molecule has 7 nitrogen and oxygen atoms in total. The number of pyridine rings is 2. The molecule has 1 N–H and O–H groups in total. The molecule has 0 spiro atoms. The second kappa shape index (κ2) is 9.32. The second-order valence-corrected chi connectivity index (χ2v) is 6.98. The van der Waals surface area contributed by atoms with Crippen LogP contribution in [0.2, 0.25) is 0 Å². The van der Waals surface area contributed by atoms with E-state index in [1.807, 2.05) is 50.6 Å². The molecule has 1 aliphatic heterocycles. The van der Waals surface area contributed by atoms with Crippen LogP contribution in [0.15, 0.2) is 42.7 Å². The zero-order valence-corrected chi connectivity index (χ0v) is 16.1. The minimum atomic E-state index is -0.111. The van der Waals surface area contributed by atoms with Gasteiger partial charge in [0.05, 0.1) is 11.9 Å². The number of amides is 1. The highest BCUT2D eigenvalue weighted by Gasteiger charge is 2.18. The van der Waals surface area contributed by atoms with Gasteiger partial charge in [-0.05, 0) is 51.3 Å². The van der Waals surface area contributed by atoms with E-state index in [2.05, 4.69) is 30.0 Å². The van der Waals surface area contributed by atoms with E-state index in [0.717, 1.165) is 50.6 Å². The highest BCUT2D eigenvalue weighted by Crippen LogP contribution is 2.18. The summed E-state index contributed by atoms with van der Waals surface area (Å²) in [5.41, 5.74) is 1.52. The Balaban J connectivity index is 1.48. The van der Waals surface area contributed by atoms with Gasteiger partial charge in [-0.1, -0.05) is 6.07 Å². The molecule has 1 amide bonds. The Kier molecular flexibility index (Phi) is 6.59. The van der Waals surface area contributed by atoms with E-state index < -0.39 is 0 Å². The van der Waals surface area contributed by atoms with Gasteiger partial charge in [0.1, 0.15) is 11.5 Å². The molecule has 3 heterocycles. The molecule has 0 radical (unpaired) electrons. The normalized spacial score (nSPS) is 14.5. The van der Waals surface area contributed by atoms with Gasteiger partial charge in [-0.2, -0.15) is 0 Å². The van der Waals surface area contributed by atoms with Crippen LogP contribution in [0.5, 0.6) is 0 Å². The molecule has 0 saturated carbocycles. The Morgan fingerprint density at radius 2 is 1.85 bits per heavy atom. The molecule has 27 heavy (non-hydrogen) atoms. The third-order valence-electron chi connectivity index (χ3n) is 4.67. The van der Waals surface area contributed by atoms with Gasteiger partial charge in [-0.25, -0.2) is 9.97 Å². The molecule has 0 unspecified atom stereocenters. The fourth-order valence-corrected chi connectivity index (χ4v) is 3.13. The molecule has 2 aromatic heterocycles. The number of anilines is 2. The standard InChI is InChI=1S/C20H28N6O/c1-24(2)11-5-10-22-20(27)18-8-7-17(16-23-18)25-12-14-26(15-13-25)19-6-3-4-9-21-19/h3-4,6-9,16H,5,10-15H2,1-2H3,(H,22,27). The van der Waals surface area contributed by atoms with Crippen LogP contribution in [-0.2, 0) is 0 Å². The first-order chi connectivity index (χ1) is 13.1. The lowest BCUT2D eigenvalue weighted by atomic mass is 10.2. The molecule has 0 bridgehead atoms. The second-order valence-electron chi connectivity index (χ2n) is 6.98. The minimum absolute atomic E-state index is 0.111. The summed E-state index contributed by atoms with van der Waals surface area (Å²) in [6.07, 6.45) is 4.55. The highest BCUT2D eigenvalue weighted by atomic mass is 16.1. The predicted octanol–water partition coefficient (Wildman–Crippen LogP) is 1.48. The third-order valence-corrected chi connectivity index (χ3v) is 4.67. The summed E-state index contributed by atoms with van der Waals surface area (Å²) in [7, 11) is 4.05. The SMILES string of the molecule is CN(C)CCCNC(=O)c1ccc(N2CCN(c3ccccn3)CC2)cn1. The van der Waals surface area contributed by atoms with E-state index in [1.54, 1.807) is 6.20 Å². The number of aromatic nitrogens is 2. The number of nitrogens with one attached hydrogen (secondary N) is 1. The van der Waals surface area contributed by atoms with Crippen molar-refractivity contribution in [3.63, 3.8) is 0 Å². The number of carbonyl (C=O) groups excluding carboxylic acids is 1. The monoisotopic (exact) mass is 368 g/mol. The molecule has 0 aliphatic carbocycles. The van der Waals surface area contributed by atoms with E-state index in [0.29, 0.717) is 12.2 Å². The molecule has 0 atom stereocenters. The van der Waals surface area contributed by atoms with Gasteiger partial charge in [0, 0.05) is 38.9 Å². The number of carbonyl (C=O) groups is 1. The molecule has 1 saturated heterocycles. The van der Waals surface area contributed by atoms with Crippen molar-refractivity contribution in [3.05, 3.63) is 48.4 Å². The molecule has 1 fully saturated rings. The van der Waals surface area contributed by atoms with Crippen molar-refractivity contribution in [2.24, 2.45) is 0 Å². The number of rotatable bonds is 7. The number of nitrogens with zero attached hydrogens (tertiary/aromatic N) is 5. The van der Waals surface area contributed by atoms with Crippen molar-refractivity contribution in [2.75, 3.05) is 63.2 Å². The van der Waals surface area contributed by atoms with E-state index in [9.17, 15) is 4.79 Å². The fraction of sp³-hybridized carbons (Fsp3) is 0.450. The first-order valence-electron chi connectivity index (χ1n) is 9.43. The van der Waals surface area contributed by atoms with Crippen molar-refractivity contribution in [1.29, 1.82) is 0 Å². The molecule has 2 aromatic rings. The zero-order valence-electron chi connectivity index (χ0n) is 16.1. The van der Waals surface area contributed by atoms with Gasteiger partial charge >= 0.3 is 0 Å². The Bertz CT molecular complexity index is 711. The van der Waals surface area contributed by atoms with Gasteiger partial charge < -0.3 is 20.0 Å². The van der Waals surface area contributed by atoms with Gasteiger partial charge in [0.25, 0.3) is 5.91 Å². The van der Waals surface area contributed by atoms with Crippen LogP contribution in [0.3, 0.4) is 0 Å².